The van der Waals surface area contributed by atoms with Crippen molar-refractivity contribution in [3.63, 3.8) is 0 Å². The van der Waals surface area contributed by atoms with Gasteiger partial charge in [-0.2, -0.15) is 0 Å². The van der Waals surface area contributed by atoms with Gasteiger partial charge in [0, 0.05) is 12.6 Å². The SMILES string of the molecule is CCNC(=O)[C@@H](O)[C@@H](O)C(=O)NC(C)C. The van der Waals surface area contributed by atoms with Crippen LogP contribution in [0, 0.1) is 0 Å². The Balaban J connectivity index is 4.24. The van der Waals surface area contributed by atoms with Crippen molar-refractivity contribution < 1.29 is 19.8 Å². The number of hydrogen-bond donors (Lipinski definition) is 4. The summed E-state index contributed by atoms with van der Waals surface area (Å²) >= 11 is 0. The van der Waals surface area contributed by atoms with Crippen molar-refractivity contribution in [2.24, 2.45) is 0 Å². The Bertz CT molecular complexity index is 230. The molecule has 4 N–H and O–H groups in total. The van der Waals surface area contributed by atoms with Gasteiger partial charge in [-0.25, -0.2) is 0 Å². The zero-order valence-corrected chi connectivity index (χ0v) is 9.15. The summed E-state index contributed by atoms with van der Waals surface area (Å²) < 4.78 is 0. The molecule has 0 aliphatic rings. The number of amides is 2. The van der Waals surface area contributed by atoms with E-state index < -0.39 is 24.0 Å². The molecule has 15 heavy (non-hydrogen) atoms. The summed E-state index contributed by atoms with van der Waals surface area (Å²) in [5, 5.41) is 23.3. The third-order valence-electron chi connectivity index (χ3n) is 1.62. The Kier molecular flexibility index (Phi) is 5.88. The maximum Gasteiger partial charge on any atom is 0.252 e. The van der Waals surface area contributed by atoms with Crippen LogP contribution in [0.25, 0.3) is 0 Å². The van der Waals surface area contributed by atoms with Gasteiger partial charge in [0.2, 0.25) is 0 Å². The van der Waals surface area contributed by atoms with Gasteiger partial charge in [0.15, 0.2) is 12.2 Å². The topological polar surface area (TPSA) is 98.7 Å². The van der Waals surface area contributed by atoms with Crippen LogP contribution in [0.5, 0.6) is 0 Å². The molecule has 0 fully saturated rings. The molecule has 0 unspecified atom stereocenters. The Morgan fingerprint density at radius 2 is 1.60 bits per heavy atom. The smallest absolute Gasteiger partial charge is 0.252 e. The zero-order valence-electron chi connectivity index (χ0n) is 9.15. The number of likely N-dealkylation sites (N-methyl/N-ethyl adjacent to an activating group) is 1. The van der Waals surface area contributed by atoms with E-state index in [1.807, 2.05) is 0 Å². The first-order chi connectivity index (χ1) is 6.90. The van der Waals surface area contributed by atoms with E-state index in [9.17, 15) is 19.8 Å². The predicted octanol–water partition coefficient (Wildman–Crippen LogP) is -1.63. The molecule has 6 nitrogen and oxygen atoms in total. The minimum atomic E-state index is -1.74. The van der Waals surface area contributed by atoms with Crippen molar-refractivity contribution in [2.45, 2.75) is 39.0 Å². The second kappa shape index (κ2) is 6.36. The monoisotopic (exact) mass is 218 g/mol. The van der Waals surface area contributed by atoms with Crippen molar-refractivity contribution in [3.05, 3.63) is 0 Å². The Morgan fingerprint density at radius 1 is 1.13 bits per heavy atom. The number of carbonyl (C=O) groups is 2. The maximum atomic E-state index is 11.2. The summed E-state index contributed by atoms with van der Waals surface area (Å²) in [5.74, 6) is -1.52. The minimum Gasteiger partial charge on any atom is -0.380 e. The van der Waals surface area contributed by atoms with Crippen LogP contribution in [0.15, 0.2) is 0 Å². The maximum absolute atomic E-state index is 11.2. The first kappa shape index (κ1) is 13.9. The third kappa shape index (κ3) is 4.75. The van der Waals surface area contributed by atoms with Crippen LogP contribution < -0.4 is 10.6 Å². The van der Waals surface area contributed by atoms with E-state index in [4.69, 9.17) is 0 Å². The van der Waals surface area contributed by atoms with E-state index in [1.54, 1.807) is 20.8 Å². The average Bonchev–Trinajstić information content (AvgIpc) is 2.14. The molecule has 0 heterocycles. The summed E-state index contributed by atoms with van der Waals surface area (Å²) in [6.45, 7) is 5.42. The van der Waals surface area contributed by atoms with E-state index in [1.165, 1.54) is 0 Å². The number of nitrogens with one attached hydrogen (secondary N) is 2. The molecule has 0 saturated carbocycles. The summed E-state index contributed by atoms with van der Waals surface area (Å²) in [7, 11) is 0. The predicted molar refractivity (Wildman–Crippen MR) is 54.0 cm³/mol. The van der Waals surface area contributed by atoms with Crippen molar-refractivity contribution in [1.82, 2.24) is 10.6 Å². The number of hydrogen-bond acceptors (Lipinski definition) is 4. The molecule has 0 aromatic rings. The molecule has 88 valence electrons. The van der Waals surface area contributed by atoms with Crippen molar-refractivity contribution in [3.8, 4) is 0 Å². The molecule has 2 amide bonds. The number of aliphatic hydroxyl groups is 2. The molecule has 0 aromatic heterocycles. The molecule has 0 spiro atoms. The number of rotatable bonds is 5. The van der Waals surface area contributed by atoms with Crippen molar-refractivity contribution in [1.29, 1.82) is 0 Å². The fourth-order valence-electron chi connectivity index (χ4n) is 0.935. The minimum absolute atomic E-state index is 0.159. The first-order valence-electron chi connectivity index (χ1n) is 4.84. The van der Waals surface area contributed by atoms with Crippen LogP contribution in [-0.4, -0.2) is 46.8 Å². The molecule has 0 saturated heterocycles. The van der Waals surface area contributed by atoms with Gasteiger partial charge in [0.1, 0.15) is 0 Å². The van der Waals surface area contributed by atoms with E-state index in [2.05, 4.69) is 10.6 Å². The third-order valence-corrected chi connectivity index (χ3v) is 1.62. The fraction of sp³-hybridized carbons (Fsp3) is 0.778. The van der Waals surface area contributed by atoms with E-state index >= 15 is 0 Å². The summed E-state index contributed by atoms with van der Waals surface area (Å²) in [5.41, 5.74) is 0. The number of aliphatic hydroxyl groups excluding tert-OH is 2. The van der Waals surface area contributed by atoms with E-state index in [0.29, 0.717) is 6.54 Å². The van der Waals surface area contributed by atoms with Crippen LogP contribution in [0.4, 0.5) is 0 Å². The lowest BCUT2D eigenvalue weighted by atomic mass is 10.1. The molecule has 0 aliphatic heterocycles. The second-order valence-electron chi connectivity index (χ2n) is 3.45. The van der Waals surface area contributed by atoms with Crippen molar-refractivity contribution in [2.75, 3.05) is 6.54 Å². The molecule has 6 heteroatoms. The van der Waals surface area contributed by atoms with E-state index in [0.717, 1.165) is 0 Å². The van der Waals surface area contributed by atoms with Crippen molar-refractivity contribution >= 4 is 11.8 Å². The molecular formula is C9H18N2O4. The van der Waals surface area contributed by atoms with Crippen LogP contribution >= 0.6 is 0 Å². The highest BCUT2D eigenvalue weighted by Gasteiger charge is 2.29. The largest absolute Gasteiger partial charge is 0.380 e. The lowest BCUT2D eigenvalue weighted by Gasteiger charge is -2.18. The first-order valence-corrected chi connectivity index (χ1v) is 4.84. The van der Waals surface area contributed by atoms with Gasteiger partial charge in [-0.3, -0.25) is 9.59 Å². The Morgan fingerprint density at radius 3 is 2.00 bits per heavy atom. The van der Waals surface area contributed by atoms with Crippen LogP contribution in [0.3, 0.4) is 0 Å². The quantitative estimate of drug-likeness (QED) is 0.445. The highest BCUT2D eigenvalue weighted by Crippen LogP contribution is 1.95. The van der Waals surface area contributed by atoms with Crippen LogP contribution in [0.2, 0.25) is 0 Å². The Hall–Kier alpha value is -1.14. The normalized spacial score (nSPS) is 14.5. The van der Waals surface area contributed by atoms with Crippen LogP contribution in [-0.2, 0) is 9.59 Å². The van der Waals surface area contributed by atoms with Crippen LogP contribution in [0.1, 0.15) is 20.8 Å². The van der Waals surface area contributed by atoms with Gasteiger partial charge in [0.25, 0.3) is 11.8 Å². The highest BCUT2D eigenvalue weighted by molar-refractivity contribution is 5.90. The molecular weight excluding hydrogens is 200 g/mol. The lowest BCUT2D eigenvalue weighted by Crippen LogP contribution is -2.50. The summed E-state index contributed by atoms with van der Waals surface area (Å²) in [6.07, 6.45) is -3.47. The Labute approximate surface area is 88.7 Å². The second-order valence-corrected chi connectivity index (χ2v) is 3.45. The van der Waals surface area contributed by atoms with Gasteiger partial charge in [-0.1, -0.05) is 0 Å². The average molecular weight is 218 g/mol. The summed E-state index contributed by atoms with van der Waals surface area (Å²) in [6, 6.07) is -0.159. The fourth-order valence-corrected chi connectivity index (χ4v) is 0.935. The zero-order chi connectivity index (χ0) is 12.0. The summed E-state index contributed by atoms with van der Waals surface area (Å²) in [4.78, 5) is 22.3. The molecule has 0 bridgehead atoms. The molecule has 0 rings (SSSR count). The van der Waals surface area contributed by atoms with E-state index in [-0.39, 0.29) is 6.04 Å². The standard InChI is InChI=1S/C9H18N2O4/c1-4-10-8(14)6(12)7(13)9(15)11-5(2)3/h5-7,12-13H,4H2,1-3H3,(H,10,14)(H,11,15)/t6-,7+/m0/s1. The molecule has 2 atom stereocenters. The van der Waals surface area contributed by atoms with Gasteiger partial charge in [-0.05, 0) is 20.8 Å². The van der Waals surface area contributed by atoms with Gasteiger partial charge >= 0.3 is 0 Å². The molecule has 0 radical (unpaired) electrons. The highest BCUT2D eigenvalue weighted by atomic mass is 16.3. The van der Waals surface area contributed by atoms with Gasteiger partial charge in [0.05, 0.1) is 0 Å². The van der Waals surface area contributed by atoms with Gasteiger partial charge in [-0.15, -0.1) is 0 Å². The molecule has 0 aromatic carbocycles. The van der Waals surface area contributed by atoms with Gasteiger partial charge < -0.3 is 20.8 Å². The molecule has 0 aliphatic carbocycles. The number of carbonyl (C=O) groups excluding carboxylic acids is 2. The lowest BCUT2D eigenvalue weighted by molar-refractivity contribution is -0.146.